The molecule has 1 amide bonds. The summed E-state index contributed by atoms with van der Waals surface area (Å²) in [4.78, 5) is 14.6. The molecule has 2 N–H and O–H groups in total. The molecule has 0 aromatic heterocycles. The maximum absolute atomic E-state index is 12.6. The molecule has 0 bridgehead atoms. The first-order valence-electron chi connectivity index (χ1n) is 6.64. The number of piperazine rings is 1. The molecule has 4 heteroatoms. The third-order valence-electron chi connectivity index (χ3n) is 3.82. The second-order valence-electron chi connectivity index (χ2n) is 4.96. The highest BCUT2D eigenvalue weighted by molar-refractivity contribution is 5.85. The Kier molecular flexibility index (Phi) is 3.30. The third kappa shape index (κ3) is 2.13. The Labute approximate surface area is 107 Å². The van der Waals surface area contributed by atoms with Gasteiger partial charge in [0.1, 0.15) is 0 Å². The normalized spacial score (nSPS) is 23.6. The quantitative estimate of drug-likeness (QED) is 0.748. The standard InChI is InChI=1S/C14H19N3O/c18-14(17-7-5-15-6-8-17)13-10-16-9-11-3-1-2-4-12(11)13/h1-4,13,15-16H,5-10H2. The lowest BCUT2D eigenvalue weighted by Crippen LogP contribution is -2.50. The minimum absolute atomic E-state index is 0.00644. The number of hydrogen-bond donors (Lipinski definition) is 2. The number of rotatable bonds is 1. The molecule has 1 atom stereocenters. The number of nitrogens with zero attached hydrogens (tertiary/aromatic N) is 1. The molecule has 2 aliphatic heterocycles. The van der Waals surface area contributed by atoms with Gasteiger partial charge in [0.2, 0.25) is 5.91 Å². The first kappa shape index (κ1) is 11.7. The molecule has 1 saturated heterocycles. The van der Waals surface area contributed by atoms with Crippen LogP contribution < -0.4 is 10.6 Å². The predicted molar refractivity (Wildman–Crippen MR) is 70.3 cm³/mol. The van der Waals surface area contributed by atoms with Crippen LogP contribution in [0.25, 0.3) is 0 Å². The molecule has 4 nitrogen and oxygen atoms in total. The molecule has 0 aliphatic carbocycles. The summed E-state index contributed by atoms with van der Waals surface area (Å²) in [5.74, 6) is 0.268. The average Bonchev–Trinajstić information content (AvgIpc) is 2.47. The van der Waals surface area contributed by atoms with E-state index in [1.165, 1.54) is 11.1 Å². The van der Waals surface area contributed by atoms with Crippen LogP contribution in [-0.2, 0) is 11.3 Å². The number of benzene rings is 1. The summed E-state index contributed by atoms with van der Waals surface area (Å²) in [5, 5.41) is 6.63. The van der Waals surface area contributed by atoms with Crippen LogP contribution in [0.4, 0.5) is 0 Å². The topological polar surface area (TPSA) is 44.4 Å². The van der Waals surface area contributed by atoms with Crippen molar-refractivity contribution in [3.05, 3.63) is 35.4 Å². The van der Waals surface area contributed by atoms with Gasteiger partial charge < -0.3 is 15.5 Å². The summed E-state index contributed by atoms with van der Waals surface area (Å²) in [5.41, 5.74) is 2.47. The fraction of sp³-hybridized carbons (Fsp3) is 0.500. The zero-order valence-electron chi connectivity index (χ0n) is 10.5. The van der Waals surface area contributed by atoms with Crippen LogP contribution in [0.3, 0.4) is 0 Å². The summed E-state index contributed by atoms with van der Waals surface area (Å²) < 4.78 is 0. The van der Waals surface area contributed by atoms with Gasteiger partial charge in [0.15, 0.2) is 0 Å². The van der Waals surface area contributed by atoms with E-state index in [1.54, 1.807) is 0 Å². The molecule has 0 radical (unpaired) electrons. The summed E-state index contributed by atoms with van der Waals surface area (Å²) in [6.45, 7) is 5.12. The fourth-order valence-electron chi connectivity index (χ4n) is 2.82. The minimum Gasteiger partial charge on any atom is -0.340 e. The van der Waals surface area contributed by atoms with Gasteiger partial charge in [0, 0.05) is 39.3 Å². The monoisotopic (exact) mass is 245 g/mol. The van der Waals surface area contributed by atoms with Crippen LogP contribution in [-0.4, -0.2) is 43.5 Å². The van der Waals surface area contributed by atoms with Gasteiger partial charge in [0.25, 0.3) is 0 Å². The average molecular weight is 245 g/mol. The summed E-state index contributed by atoms with van der Waals surface area (Å²) in [6.07, 6.45) is 0. The van der Waals surface area contributed by atoms with Gasteiger partial charge in [-0.25, -0.2) is 0 Å². The molecule has 18 heavy (non-hydrogen) atoms. The van der Waals surface area contributed by atoms with Gasteiger partial charge in [-0.2, -0.15) is 0 Å². The number of amides is 1. The predicted octanol–water partition coefficient (Wildman–Crippen LogP) is 0.305. The van der Waals surface area contributed by atoms with Gasteiger partial charge in [-0.05, 0) is 11.1 Å². The summed E-state index contributed by atoms with van der Waals surface area (Å²) in [6, 6.07) is 8.28. The van der Waals surface area contributed by atoms with Crippen LogP contribution in [0, 0.1) is 0 Å². The Morgan fingerprint density at radius 2 is 1.94 bits per heavy atom. The zero-order valence-corrected chi connectivity index (χ0v) is 10.5. The van der Waals surface area contributed by atoms with Crippen molar-refractivity contribution in [2.45, 2.75) is 12.5 Å². The van der Waals surface area contributed by atoms with Gasteiger partial charge in [-0.1, -0.05) is 24.3 Å². The van der Waals surface area contributed by atoms with E-state index in [4.69, 9.17) is 0 Å². The van der Waals surface area contributed by atoms with Crippen LogP contribution >= 0.6 is 0 Å². The van der Waals surface area contributed by atoms with E-state index < -0.39 is 0 Å². The fourth-order valence-corrected chi connectivity index (χ4v) is 2.82. The number of nitrogens with one attached hydrogen (secondary N) is 2. The van der Waals surface area contributed by atoms with Crippen molar-refractivity contribution < 1.29 is 4.79 Å². The lowest BCUT2D eigenvalue weighted by atomic mass is 9.89. The van der Waals surface area contributed by atoms with Crippen LogP contribution in [0.5, 0.6) is 0 Å². The maximum Gasteiger partial charge on any atom is 0.231 e. The zero-order chi connectivity index (χ0) is 12.4. The third-order valence-corrected chi connectivity index (χ3v) is 3.82. The van der Waals surface area contributed by atoms with E-state index in [0.717, 1.165) is 39.3 Å². The molecule has 1 aromatic carbocycles. The molecule has 2 aliphatic rings. The van der Waals surface area contributed by atoms with Gasteiger partial charge in [-0.15, -0.1) is 0 Å². The summed E-state index contributed by atoms with van der Waals surface area (Å²) >= 11 is 0. The molecular weight excluding hydrogens is 226 g/mol. The highest BCUT2D eigenvalue weighted by Gasteiger charge is 2.30. The lowest BCUT2D eigenvalue weighted by molar-refractivity contribution is -0.133. The molecule has 3 rings (SSSR count). The van der Waals surface area contributed by atoms with Crippen molar-refractivity contribution in [2.75, 3.05) is 32.7 Å². The molecule has 1 unspecified atom stereocenters. The molecule has 1 aromatic rings. The highest BCUT2D eigenvalue weighted by Crippen LogP contribution is 2.25. The number of carbonyl (C=O) groups is 1. The Hall–Kier alpha value is -1.39. The highest BCUT2D eigenvalue weighted by atomic mass is 16.2. The van der Waals surface area contributed by atoms with E-state index in [9.17, 15) is 4.79 Å². The van der Waals surface area contributed by atoms with Crippen molar-refractivity contribution in [3.63, 3.8) is 0 Å². The number of carbonyl (C=O) groups excluding carboxylic acids is 1. The summed E-state index contributed by atoms with van der Waals surface area (Å²) in [7, 11) is 0. The van der Waals surface area contributed by atoms with Crippen molar-refractivity contribution in [2.24, 2.45) is 0 Å². The van der Waals surface area contributed by atoms with E-state index in [2.05, 4.69) is 22.8 Å². The minimum atomic E-state index is -0.00644. The molecule has 96 valence electrons. The van der Waals surface area contributed by atoms with E-state index in [0.29, 0.717) is 0 Å². The van der Waals surface area contributed by atoms with E-state index in [1.807, 2.05) is 17.0 Å². The Bertz CT molecular complexity index is 440. The Morgan fingerprint density at radius 3 is 2.78 bits per heavy atom. The van der Waals surface area contributed by atoms with Gasteiger partial charge in [-0.3, -0.25) is 4.79 Å². The van der Waals surface area contributed by atoms with Gasteiger partial charge in [0.05, 0.1) is 5.92 Å². The number of fused-ring (bicyclic) bond motifs is 1. The second kappa shape index (κ2) is 5.08. The van der Waals surface area contributed by atoms with Crippen molar-refractivity contribution in [1.29, 1.82) is 0 Å². The largest absolute Gasteiger partial charge is 0.340 e. The molecule has 0 saturated carbocycles. The Balaban J connectivity index is 1.82. The lowest BCUT2D eigenvalue weighted by Gasteiger charge is -2.33. The number of hydrogen-bond acceptors (Lipinski definition) is 3. The van der Waals surface area contributed by atoms with Crippen LogP contribution in [0.1, 0.15) is 17.0 Å². The van der Waals surface area contributed by atoms with Crippen LogP contribution in [0.15, 0.2) is 24.3 Å². The van der Waals surface area contributed by atoms with Crippen molar-refractivity contribution in [1.82, 2.24) is 15.5 Å². The van der Waals surface area contributed by atoms with E-state index >= 15 is 0 Å². The van der Waals surface area contributed by atoms with Gasteiger partial charge >= 0.3 is 0 Å². The molecular formula is C14H19N3O. The van der Waals surface area contributed by atoms with Crippen molar-refractivity contribution in [3.8, 4) is 0 Å². The van der Waals surface area contributed by atoms with Crippen LogP contribution in [0.2, 0.25) is 0 Å². The Morgan fingerprint density at radius 1 is 1.17 bits per heavy atom. The molecule has 2 heterocycles. The van der Waals surface area contributed by atoms with E-state index in [-0.39, 0.29) is 11.8 Å². The SMILES string of the molecule is O=C(C1CNCc2ccccc21)N1CCNCC1. The maximum atomic E-state index is 12.6. The molecule has 1 fully saturated rings. The second-order valence-corrected chi connectivity index (χ2v) is 4.96. The smallest absolute Gasteiger partial charge is 0.231 e. The van der Waals surface area contributed by atoms with Crippen molar-refractivity contribution >= 4 is 5.91 Å². The first-order chi connectivity index (χ1) is 8.86. The first-order valence-corrected chi connectivity index (χ1v) is 6.64. The molecule has 0 spiro atoms.